The smallest absolute Gasteiger partial charge is 0.0952 e. The van der Waals surface area contributed by atoms with Gasteiger partial charge in [0.05, 0.1) is 11.4 Å². The maximum absolute atomic E-state index is 7.53. The first kappa shape index (κ1) is 13.3. The molecule has 0 saturated carbocycles. The van der Waals surface area contributed by atoms with Crippen molar-refractivity contribution in [1.82, 2.24) is 4.98 Å². The van der Waals surface area contributed by atoms with E-state index in [2.05, 4.69) is 22.9 Å². The summed E-state index contributed by atoms with van der Waals surface area (Å²) in [5.41, 5.74) is 7.72. The number of hydrogen-bond acceptors (Lipinski definition) is 3. The van der Waals surface area contributed by atoms with Gasteiger partial charge in [-0.2, -0.15) is 0 Å². The van der Waals surface area contributed by atoms with Crippen molar-refractivity contribution < 1.29 is 0 Å². The van der Waals surface area contributed by atoms with E-state index in [1.165, 1.54) is 0 Å². The molecule has 1 atom stereocenters. The molecule has 0 saturated heterocycles. The number of para-hydroxylation sites is 1. The first-order chi connectivity index (χ1) is 9.13. The van der Waals surface area contributed by atoms with Crippen LogP contribution in [0.2, 0.25) is 0 Å². The van der Waals surface area contributed by atoms with Gasteiger partial charge in [0.15, 0.2) is 0 Å². The SMILES string of the molecule is CCN(CC(C)C(=N)N)c1ccnc2ccccc12. The monoisotopic (exact) mass is 256 g/mol. The van der Waals surface area contributed by atoms with E-state index in [0.29, 0.717) is 0 Å². The van der Waals surface area contributed by atoms with Gasteiger partial charge in [-0.25, -0.2) is 0 Å². The lowest BCUT2D eigenvalue weighted by molar-refractivity contribution is 0.699. The number of nitrogens with one attached hydrogen (secondary N) is 1. The van der Waals surface area contributed by atoms with E-state index in [9.17, 15) is 0 Å². The van der Waals surface area contributed by atoms with Crippen molar-refractivity contribution in [3.63, 3.8) is 0 Å². The van der Waals surface area contributed by atoms with Gasteiger partial charge in [0.25, 0.3) is 0 Å². The number of pyridine rings is 1. The molecule has 4 nitrogen and oxygen atoms in total. The van der Waals surface area contributed by atoms with Crippen LogP contribution < -0.4 is 10.6 Å². The molecule has 2 rings (SSSR count). The highest BCUT2D eigenvalue weighted by Crippen LogP contribution is 2.25. The Morgan fingerprint density at radius 2 is 2.11 bits per heavy atom. The maximum atomic E-state index is 7.53. The van der Waals surface area contributed by atoms with Crippen LogP contribution >= 0.6 is 0 Å². The molecule has 100 valence electrons. The van der Waals surface area contributed by atoms with Crippen LogP contribution in [0, 0.1) is 11.3 Å². The third-order valence-electron chi connectivity index (χ3n) is 3.37. The maximum Gasteiger partial charge on any atom is 0.0952 e. The van der Waals surface area contributed by atoms with Gasteiger partial charge >= 0.3 is 0 Å². The second kappa shape index (κ2) is 5.69. The van der Waals surface area contributed by atoms with E-state index in [0.717, 1.165) is 29.7 Å². The van der Waals surface area contributed by atoms with Gasteiger partial charge in [-0.05, 0) is 19.1 Å². The molecule has 1 aromatic heterocycles. The Hall–Kier alpha value is -2.10. The average Bonchev–Trinajstić information content (AvgIpc) is 2.44. The molecule has 0 bridgehead atoms. The molecular formula is C15H20N4. The van der Waals surface area contributed by atoms with Gasteiger partial charge in [0.2, 0.25) is 0 Å². The Balaban J connectivity index is 2.38. The van der Waals surface area contributed by atoms with Crippen LogP contribution in [0.3, 0.4) is 0 Å². The molecule has 1 aromatic carbocycles. The van der Waals surface area contributed by atoms with E-state index in [4.69, 9.17) is 11.1 Å². The number of hydrogen-bond donors (Lipinski definition) is 2. The second-order valence-corrected chi connectivity index (χ2v) is 4.74. The Morgan fingerprint density at radius 1 is 1.37 bits per heavy atom. The Morgan fingerprint density at radius 3 is 2.79 bits per heavy atom. The number of benzene rings is 1. The van der Waals surface area contributed by atoms with E-state index < -0.39 is 0 Å². The van der Waals surface area contributed by atoms with Gasteiger partial charge in [-0.3, -0.25) is 10.4 Å². The van der Waals surface area contributed by atoms with Crippen LogP contribution in [0.1, 0.15) is 13.8 Å². The van der Waals surface area contributed by atoms with Crippen molar-refractivity contribution in [3.8, 4) is 0 Å². The number of anilines is 1. The van der Waals surface area contributed by atoms with Gasteiger partial charge in [-0.15, -0.1) is 0 Å². The molecule has 2 aromatic rings. The number of rotatable bonds is 5. The van der Waals surface area contributed by atoms with Crippen LogP contribution in [-0.2, 0) is 0 Å². The zero-order valence-corrected chi connectivity index (χ0v) is 11.4. The zero-order valence-electron chi connectivity index (χ0n) is 11.4. The first-order valence-corrected chi connectivity index (χ1v) is 6.56. The van der Waals surface area contributed by atoms with Gasteiger partial charge in [0, 0.05) is 36.3 Å². The van der Waals surface area contributed by atoms with Crippen molar-refractivity contribution in [2.75, 3.05) is 18.0 Å². The fourth-order valence-corrected chi connectivity index (χ4v) is 2.18. The largest absolute Gasteiger partial charge is 0.387 e. The molecular weight excluding hydrogens is 236 g/mol. The van der Waals surface area contributed by atoms with Crippen molar-refractivity contribution in [1.29, 1.82) is 5.41 Å². The van der Waals surface area contributed by atoms with Gasteiger partial charge < -0.3 is 10.6 Å². The summed E-state index contributed by atoms with van der Waals surface area (Å²) in [6, 6.07) is 10.1. The lowest BCUT2D eigenvalue weighted by Crippen LogP contribution is -2.34. The summed E-state index contributed by atoms with van der Waals surface area (Å²) >= 11 is 0. The molecule has 0 amide bonds. The first-order valence-electron chi connectivity index (χ1n) is 6.56. The third-order valence-corrected chi connectivity index (χ3v) is 3.37. The summed E-state index contributed by atoms with van der Waals surface area (Å²) in [6.07, 6.45) is 1.83. The van der Waals surface area contributed by atoms with Crippen LogP contribution in [-0.4, -0.2) is 23.9 Å². The highest BCUT2D eigenvalue weighted by molar-refractivity contribution is 5.91. The highest BCUT2D eigenvalue weighted by Gasteiger charge is 2.14. The molecule has 0 aliphatic rings. The Bertz CT molecular complexity index is 574. The van der Waals surface area contributed by atoms with Crippen LogP contribution in [0.25, 0.3) is 10.9 Å². The predicted octanol–water partition coefficient (Wildman–Crippen LogP) is 2.63. The fraction of sp³-hybridized carbons (Fsp3) is 0.333. The number of amidine groups is 1. The predicted molar refractivity (Wildman–Crippen MR) is 80.7 cm³/mol. The molecule has 0 aliphatic carbocycles. The summed E-state index contributed by atoms with van der Waals surface area (Å²) in [7, 11) is 0. The standard InChI is InChI=1S/C15H20N4/c1-3-19(10-11(2)15(16)17)14-8-9-18-13-7-5-4-6-12(13)14/h4-9,11H,3,10H2,1-2H3,(H3,16,17). The lowest BCUT2D eigenvalue weighted by Gasteiger charge is -2.27. The summed E-state index contributed by atoms with van der Waals surface area (Å²) < 4.78 is 0. The van der Waals surface area contributed by atoms with Gasteiger partial charge in [-0.1, -0.05) is 25.1 Å². The van der Waals surface area contributed by atoms with Crippen molar-refractivity contribution in [3.05, 3.63) is 36.5 Å². The Labute approximate surface area is 113 Å². The summed E-state index contributed by atoms with van der Waals surface area (Å²) in [5.74, 6) is 0.281. The van der Waals surface area contributed by atoms with Gasteiger partial charge in [0.1, 0.15) is 0 Å². The fourth-order valence-electron chi connectivity index (χ4n) is 2.18. The number of aromatic nitrogens is 1. The minimum atomic E-state index is 0.0480. The molecule has 19 heavy (non-hydrogen) atoms. The van der Waals surface area contributed by atoms with E-state index in [1.807, 2.05) is 37.4 Å². The highest BCUT2D eigenvalue weighted by atomic mass is 15.1. The molecule has 1 heterocycles. The number of nitrogens with zero attached hydrogens (tertiary/aromatic N) is 2. The minimum absolute atomic E-state index is 0.0480. The van der Waals surface area contributed by atoms with Crippen molar-refractivity contribution in [2.45, 2.75) is 13.8 Å². The topological polar surface area (TPSA) is 66.0 Å². The molecule has 0 fully saturated rings. The number of nitrogens with two attached hydrogens (primary N) is 1. The van der Waals surface area contributed by atoms with Crippen LogP contribution in [0.4, 0.5) is 5.69 Å². The van der Waals surface area contributed by atoms with E-state index in [1.54, 1.807) is 0 Å². The normalized spacial score (nSPS) is 12.3. The van der Waals surface area contributed by atoms with Crippen LogP contribution in [0.15, 0.2) is 36.5 Å². The third kappa shape index (κ3) is 2.84. The lowest BCUT2D eigenvalue weighted by atomic mass is 10.1. The molecule has 1 unspecified atom stereocenters. The quantitative estimate of drug-likeness (QED) is 0.638. The average molecular weight is 256 g/mol. The zero-order chi connectivity index (χ0) is 13.8. The second-order valence-electron chi connectivity index (χ2n) is 4.74. The van der Waals surface area contributed by atoms with E-state index >= 15 is 0 Å². The summed E-state index contributed by atoms with van der Waals surface area (Å²) in [5, 5.41) is 8.67. The molecule has 3 N–H and O–H groups in total. The van der Waals surface area contributed by atoms with Crippen molar-refractivity contribution >= 4 is 22.4 Å². The van der Waals surface area contributed by atoms with Crippen LogP contribution in [0.5, 0.6) is 0 Å². The molecule has 0 radical (unpaired) electrons. The minimum Gasteiger partial charge on any atom is -0.387 e. The van der Waals surface area contributed by atoms with Crippen molar-refractivity contribution in [2.24, 2.45) is 11.7 Å². The molecule has 4 heteroatoms. The summed E-state index contributed by atoms with van der Waals surface area (Å²) in [4.78, 5) is 6.63. The molecule has 0 spiro atoms. The Kier molecular flexibility index (Phi) is 4.00. The number of fused-ring (bicyclic) bond motifs is 1. The summed E-state index contributed by atoms with van der Waals surface area (Å²) in [6.45, 7) is 5.72. The molecule has 0 aliphatic heterocycles. The van der Waals surface area contributed by atoms with E-state index in [-0.39, 0.29) is 11.8 Å².